The molecule has 1 aromatic rings. The lowest BCUT2D eigenvalue weighted by atomic mass is 10.2. The molecule has 0 amide bonds. The van der Waals surface area contributed by atoms with Crippen LogP contribution in [-0.4, -0.2) is 48.6 Å². The van der Waals surface area contributed by atoms with Crippen LogP contribution in [0, 0.1) is 0 Å². The predicted molar refractivity (Wildman–Crippen MR) is 70.7 cm³/mol. The first kappa shape index (κ1) is 14.9. The van der Waals surface area contributed by atoms with Crippen molar-refractivity contribution in [3.05, 3.63) is 24.0 Å². The monoisotopic (exact) mass is 254 g/mol. The maximum atomic E-state index is 9.67. The lowest BCUT2D eigenvalue weighted by molar-refractivity contribution is 0.169. The molecule has 1 atom stereocenters. The average molecular weight is 254 g/mol. The number of hydrogen-bond donors (Lipinski definition) is 2. The molecule has 18 heavy (non-hydrogen) atoms. The molecule has 0 aliphatic rings. The van der Waals surface area contributed by atoms with Crippen LogP contribution >= 0.6 is 0 Å². The Kier molecular flexibility index (Phi) is 6.64. The van der Waals surface area contributed by atoms with Crippen LogP contribution in [0.2, 0.25) is 0 Å². The van der Waals surface area contributed by atoms with Gasteiger partial charge in [0.2, 0.25) is 0 Å². The number of pyridine rings is 1. The summed E-state index contributed by atoms with van der Waals surface area (Å²) >= 11 is 0. The van der Waals surface area contributed by atoms with Crippen LogP contribution in [0.25, 0.3) is 0 Å². The van der Waals surface area contributed by atoms with Gasteiger partial charge in [-0.1, -0.05) is 6.92 Å². The number of methoxy groups -OCH3 is 1. The van der Waals surface area contributed by atoms with Crippen LogP contribution in [0.5, 0.6) is 0 Å². The van der Waals surface area contributed by atoms with E-state index in [0.717, 1.165) is 5.69 Å². The average Bonchev–Trinajstić information content (AvgIpc) is 2.43. The van der Waals surface area contributed by atoms with Gasteiger partial charge in [-0.2, -0.15) is 0 Å². The number of ether oxygens (including phenoxy) is 1. The van der Waals surface area contributed by atoms with Crippen molar-refractivity contribution >= 4 is 5.69 Å². The minimum Gasteiger partial charge on any atom is -0.395 e. The van der Waals surface area contributed by atoms with E-state index in [2.05, 4.69) is 4.98 Å². The van der Waals surface area contributed by atoms with E-state index in [1.807, 2.05) is 24.0 Å². The van der Waals surface area contributed by atoms with Gasteiger partial charge in [-0.15, -0.1) is 0 Å². The van der Waals surface area contributed by atoms with E-state index in [9.17, 15) is 5.11 Å². The van der Waals surface area contributed by atoms with Crippen LogP contribution in [0.15, 0.2) is 18.3 Å². The lowest BCUT2D eigenvalue weighted by Crippen LogP contribution is -2.30. The van der Waals surface area contributed by atoms with Crippen molar-refractivity contribution in [2.45, 2.75) is 19.4 Å². The molecule has 102 valence electrons. The number of aliphatic hydroxyl groups excluding tert-OH is 2. The highest BCUT2D eigenvalue weighted by molar-refractivity contribution is 5.44. The highest BCUT2D eigenvalue weighted by Crippen LogP contribution is 2.18. The molecular weight excluding hydrogens is 232 g/mol. The third-order valence-electron chi connectivity index (χ3n) is 2.80. The summed E-state index contributed by atoms with van der Waals surface area (Å²) in [5.41, 5.74) is 1.60. The zero-order chi connectivity index (χ0) is 13.4. The van der Waals surface area contributed by atoms with E-state index < -0.39 is 6.10 Å². The molecular formula is C13H22N2O3. The van der Waals surface area contributed by atoms with E-state index in [1.165, 1.54) is 0 Å². The van der Waals surface area contributed by atoms with E-state index in [1.54, 1.807) is 13.3 Å². The van der Waals surface area contributed by atoms with Crippen molar-refractivity contribution in [1.29, 1.82) is 0 Å². The van der Waals surface area contributed by atoms with Gasteiger partial charge in [0.05, 0.1) is 36.9 Å². The summed E-state index contributed by atoms with van der Waals surface area (Å²) in [7, 11) is 1.65. The van der Waals surface area contributed by atoms with Gasteiger partial charge in [0.25, 0.3) is 0 Å². The molecule has 0 aliphatic heterocycles. The predicted octanol–water partition coefficient (Wildman–Crippen LogP) is 0.970. The minimum atomic E-state index is -0.510. The molecule has 1 heterocycles. The molecule has 5 heteroatoms. The number of rotatable bonds is 8. The molecule has 0 saturated heterocycles. The first-order valence-corrected chi connectivity index (χ1v) is 6.21. The lowest BCUT2D eigenvalue weighted by Gasteiger charge is -2.23. The Labute approximate surface area is 108 Å². The maximum absolute atomic E-state index is 9.67. The fourth-order valence-electron chi connectivity index (χ4n) is 1.68. The van der Waals surface area contributed by atoms with Crippen LogP contribution in [0.4, 0.5) is 5.69 Å². The molecule has 5 nitrogen and oxygen atoms in total. The Morgan fingerprint density at radius 1 is 1.39 bits per heavy atom. The standard InChI is InChI=1S/C13H22N2O3/c1-3-13(17)12-5-4-11(10-14-12)15(6-8-16)7-9-18-2/h4-5,10,13,16-17H,3,6-9H2,1-2H3/t13-/m0/s1. The number of aromatic nitrogens is 1. The molecule has 0 fully saturated rings. The molecule has 0 aliphatic carbocycles. The summed E-state index contributed by atoms with van der Waals surface area (Å²) in [5, 5.41) is 18.7. The summed E-state index contributed by atoms with van der Waals surface area (Å²) in [6.07, 6.45) is 1.86. The second-order valence-corrected chi connectivity index (χ2v) is 4.07. The fourth-order valence-corrected chi connectivity index (χ4v) is 1.68. The third kappa shape index (κ3) is 4.25. The summed E-state index contributed by atoms with van der Waals surface area (Å²) < 4.78 is 5.04. The van der Waals surface area contributed by atoms with Crippen molar-refractivity contribution in [1.82, 2.24) is 4.98 Å². The Hall–Kier alpha value is -1.17. The van der Waals surface area contributed by atoms with Gasteiger partial charge in [0, 0.05) is 20.2 Å². The molecule has 0 radical (unpaired) electrons. The minimum absolute atomic E-state index is 0.0864. The third-order valence-corrected chi connectivity index (χ3v) is 2.80. The molecule has 0 aromatic carbocycles. The van der Waals surface area contributed by atoms with Crippen molar-refractivity contribution in [3.8, 4) is 0 Å². The topological polar surface area (TPSA) is 65.8 Å². The number of aliphatic hydroxyl groups is 2. The normalized spacial score (nSPS) is 12.4. The molecule has 1 aromatic heterocycles. The first-order chi connectivity index (χ1) is 8.72. The van der Waals surface area contributed by atoms with Crippen LogP contribution in [0.3, 0.4) is 0 Å². The zero-order valence-corrected chi connectivity index (χ0v) is 11.0. The van der Waals surface area contributed by atoms with Crippen LogP contribution in [-0.2, 0) is 4.74 Å². The molecule has 0 saturated carbocycles. The highest BCUT2D eigenvalue weighted by Gasteiger charge is 2.09. The molecule has 0 unspecified atom stereocenters. The maximum Gasteiger partial charge on any atom is 0.0957 e. The van der Waals surface area contributed by atoms with Gasteiger partial charge in [-0.05, 0) is 18.6 Å². The Bertz CT molecular complexity index is 330. The molecule has 2 N–H and O–H groups in total. The summed E-state index contributed by atoms with van der Waals surface area (Å²) in [6, 6.07) is 3.73. The smallest absolute Gasteiger partial charge is 0.0957 e. The van der Waals surface area contributed by atoms with Crippen molar-refractivity contribution in [2.75, 3.05) is 38.3 Å². The molecule has 0 spiro atoms. The van der Waals surface area contributed by atoms with E-state index in [0.29, 0.717) is 31.8 Å². The van der Waals surface area contributed by atoms with Gasteiger partial charge in [0.15, 0.2) is 0 Å². The van der Waals surface area contributed by atoms with Gasteiger partial charge >= 0.3 is 0 Å². The summed E-state index contributed by atoms with van der Waals surface area (Å²) in [6.45, 7) is 3.84. The van der Waals surface area contributed by atoms with E-state index in [4.69, 9.17) is 9.84 Å². The molecule has 0 bridgehead atoms. The van der Waals surface area contributed by atoms with Gasteiger partial charge in [-0.25, -0.2) is 0 Å². The number of anilines is 1. The van der Waals surface area contributed by atoms with Crippen LogP contribution < -0.4 is 4.90 Å². The largest absolute Gasteiger partial charge is 0.395 e. The van der Waals surface area contributed by atoms with Crippen molar-refractivity contribution in [3.63, 3.8) is 0 Å². The highest BCUT2D eigenvalue weighted by atomic mass is 16.5. The zero-order valence-electron chi connectivity index (χ0n) is 11.0. The SMILES string of the molecule is CC[C@H](O)c1ccc(N(CCO)CCOC)cn1. The molecule has 1 rings (SSSR count). The van der Waals surface area contributed by atoms with Gasteiger partial charge < -0.3 is 19.8 Å². The van der Waals surface area contributed by atoms with Gasteiger partial charge in [-0.3, -0.25) is 4.98 Å². The number of nitrogens with zero attached hydrogens (tertiary/aromatic N) is 2. The summed E-state index contributed by atoms with van der Waals surface area (Å²) in [4.78, 5) is 6.25. The summed E-state index contributed by atoms with van der Waals surface area (Å²) in [5.74, 6) is 0. The Morgan fingerprint density at radius 3 is 2.67 bits per heavy atom. The van der Waals surface area contributed by atoms with Gasteiger partial charge in [0.1, 0.15) is 0 Å². The second-order valence-electron chi connectivity index (χ2n) is 4.07. The Balaban J connectivity index is 2.73. The second kappa shape index (κ2) is 8.02. The number of hydrogen-bond acceptors (Lipinski definition) is 5. The van der Waals surface area contributed by atoms with Crippen molar-refractivity contribution < 1.29 is 14.9 Å². The van der Waals surface area contributed by atoms with Crippen LogP contribution in [0.1, 0.15) is 25.1 Å². The van der Waals surface area contributed by atoms with E-state index >= 15 is 0 Å². The Morgan fingerprint density at radius 2 is 2.17 bits per heavy atom. The quantitative estimate of drug-likeness (QED) is 0.723. The van der Waals surface area contributed by atoms with Crippen molar-refractivity contribution in [2.24, 2.45) is 0 Å². The first-order valence-electron chi connectivity index (χ1n) is 6.21. The fraction of sp³-hybridized carbons (Fsp3) is 0.615. The van der Waals surface area contributed by atoms with E-state index in [-0.39, 0.29) is 6.61 Å².